The number of hydrogen-bond acceptors (Lipinski definition) is 3. The van der Waals surface area contributed by atoms with Gasteiger partial charge in [-0.05, 0) is 6.42 Å². The van der Waals surface area contributed by atoms with Crippen LogP contribution < -0.4 is 0 Å². The molecule has 12 heavy (non-hydrogen) atoms. The Morgan fingerprint density at radius 2 is 2.25 bits per heavy atom. The maximum absolute atomic E-state index is 10.5. The normalized spacial score (nSPS) is 30.3. The molecule has 1 amide bonds. The monoisotopic (exact) mass is 175 g/mol. The van der Waals surface area contributed by atoms with Crippen LogP contribution in [0.25, 0.3) is 0 Å². The topological polar surface area (TPSA) is 81.0 Å². The number of aliphatic hydroxyl groups excluding tert-OH is 2. The molecule has 5 heteroatoms. The van der Waals surface area contributed by atoms with Crippen molar-refractivity contribution in [3.05, 3.63) is 0 Å². The minimum atomic E-state index is -0.986. The van der Waals surface area contributed by atoms with E-state index in [4.69, 9.17) is 10.2 Å². The van der Waals surface area contributed by atoms with Gasteiger partial charge < -0.3 is 20.2 Å². The predicted octanol–water partition coefficient (Wildman–Crippen LogP) is -0.660. The van der Waals surface area contributed by atoms with Crippen LogP contribution in [0, 0.1) is 5.92 Å². The maximum Gasteiger partial charge on any atom is 0.407 e. The highest BCUT2D eigenvalue weighted by atomic mass is 16.4. The van der Waals surface area contributed by atoms with Gasteiger partial charge in [-0.1, -0.05) is 0 Å². The number of nitrogens with zero attached hydrogens (tertiary/aromatic N) is 1. The average Bonchev–Trinajstić information content (AvgIpc) is 2.05. The van der Waals surface area contributed by atoms with Crippen LogP contribution in [0.1, 0.15) is 6.42 Å². The molecule has 0 saturated carbocycles. The fourth-order valence-electron chi connectivity index (χ4n) is 1.37. The first-order chi connectivity index (χ1) is 5.65. The minimum absolute atomic E-state index is 0.162. The summed E-state index contributed by atoms with van der Waals surface area (Å²) in [7, 11) is 0. The maximum atomic E-state index is 10.5. The van der Waals surface area contributed by atoms with E-state index in [1.807, 2.05) is 0 Å². The highest BCUT2D eigenvalue weighted by molar-refractivity contribution is 5.65. The molecule has 5 nitrogen and oxygen atoms in total. The predicted molar refractivity (Wildman–Crippen MR) is 40.8 cm³/mol. The Morgan fingerprint density at radius 3 is 2.75 bits per heavy atom. The van der Waals surface area contributed by atoms with Gasteiger partial charge in [-0.2, -0.15) is 0 Å². The van der Waals surface area contributed by atoms with Crippen molar-refractivity contribution < 1.29 is 20.1 Å². The third-order valence-electron chi connectivity index (χ3n) is 2.20. The Kier molecular flexibility index (Phi) is 2.88. The molecule has 0 aromatic heterocycles. The van der Waals surface area contributed by atoms with Crippen molar-refractivity contribution in [2.75, 3.05) is 19.7 Å². The number of amides is 1. The first-order valence-corrected chi connectivity index (χ1v) is 3.92. The van der Waals surface area contributed by atoms with Crippen LogP contribution in [0.3, 0.4) is 0 Å². The molecule has 1 heterocycles. The number of rotatable bonds is 1. The number of carboxylic acid groups (broad SMARTS) is 1. The lowest BCUT2D eigenvalue weighted by atomic mass is 9.96. The second-order valence-corrected chi connectivity index (χ2v) is 3.03. The zero-order chi connectivity index (χ0) is 9.14. The van der Waals surface area contributed by atoms with Crippen LogP contribution >= 0.6 is 0 Å². The summed E-state index contributed by atoms with van der Waals surface area (Å²) in [4.78, 5) is 11.7. The molecule has 0 bridgehead atoms. The van der Waals surface area contributed by atoms with Crippen molar-refractivity contribution >= 4 is 6.09 Å². The zero-order valence-electron chi connectivity index (χ0n) is 6.68. The molecule has 1 aliphatic rings. The summed E-state index contributed by atoms with van der Waals surface area (Å²) in [5.41, 5.74) is 0. The van der Waals surface area contributed by atoms with Gasteiger partial charge in [0.15, 0.2) is 0 Å². The standard InChI is InChI=1S/C7H13NO4/c9-4-5-3-8(7(11)12)2-1-6(5)10/h5-6,9-10H,1-4H2,(H,11,12). The Balaban J connectivity index is 2.49. The summed E-state index contributed by atoms with van der Waals surface area (Å²) in [6.45, 7) is 0.422. The molecule has 3 N–H and O–H groups in total. The van der Waals surface area contributed by atoms with E-state index >= 15 is 0 Å². The molecule has 0 radical (unpaired) electrons. The smallest absolute Gasteiger partial charge is 0.407 e. The summed E-state index contributed by atoms with van der Waals surface area (Å²) in [6, 6.07) is 0. The Labute approximate surface area is 70.2 Å². The van der Waals surface area contributed by atoms with Crippen LogP contribution in [-0.4, -0.2) is 52.1 Å². The van der Waals surface area contributed by atoms with Crippen molar-refractivity contribution in [1.29, 1.82) is 0 Å². The fourth-order valence-corrected chi connectivity index (χ4v) is 1.37. The molecule has 0 aromatic rings. The van der Waals surface area contributed by atoms with E-state index in [1.54, 1.807) is 0 Å². The van der Waals surface area contributed by atoms with E-state index in [-0.39, 0.29) is 19.1 Å². The van der Waals surface area contributed by atoms with Crippen LogP contribution in [-0.2, 0) is 0 Å². The van der Waals surface area contributed by atoms with Crippen molar-refractivity contribution in [1.82, 2.24) is 4.90 Å². The van der Waals surface area contributed by atoms with Gasteiger partial charge in [0, 0.05) is 19.0 Å². The molecule has 1 rings (SSSR count). The van der Waals surface area contributed by atoms with Gasteiger partial charge in [0.1, 0.15) is 0 Å². The highest BCUT2D eigenvalue weighted by Gasteiger charge is 2.29. The summed E-state index contributed by atoms with van der Waals surface area (Å²) >= 11 is 0. The average molecular weight is 175 g/mol. The van der Waals surface area contributed by atoms with Crippen molar-refractivity contribution in [3.63, 3.8) is 0 Å². The quantitative estimate of drug-likeness (QED) is 0.494. The van der Waals surface area contributed by atoms with E-state index < -0.39 is 12.2 Å². The minimum Gasteiger partial charge on any atom is -0.465 e. The summed E-state index contributed by atoms with van der Waals surface area (Å²) in [5, 5.41) is 26.7. The molecule has 1 aliphatic heterocycles. The van der Waals surface area contributed by atoms with E-state index in [0.717, 1.165) is 0 Å². The number of aliphatic hydroxyl groups is 2. The number of hydrogen-bond donors (Lipinski definition) is 3. The third-order valence-corrected chi connectivity index (χ3v) is 2.20. The van der Waals surface area contributed by atoms with Gasteiger partial charge in [0.2, 0.25) is 0 Å². The lowest BCUT2D eigenvalue weighted by Gasteiger charge is -2.33. The second-order valence-electron chi connectivity index (χ2n) is 3.03. The second kappa shape index (κ2) is 3.73. The number of carbonyl (C=O) groups is 1. The Bertz CT molecular complexity index is 173. The molecule has 0 aliphatic carbocycles. The van der Waals surface area contributed by atoms with Gasteiger partial charge in [-0.25, -0.2) is 4.79 Å². The van der Waals surface area contributed by atoms with E-state index in [0.29, 0.717) is 13.0 Å². The molecule has 2 unspecified atom stereocenters. The Morgan fingerprint density at radius 1 is 1.58 bits per heavy atom. The SMILES string of the molecule is O=C(O)N1CCC(O)C(CO)C1. The highest BCUT2D eigenvalue weighted by Crippen LogP contribution is 2.16. The lowest BCUT2D eigenvalue weighted by molar-refractivity contribution is 0.00507. The van der Waals surface area contributed by atoms with E-state index in [1.165, 1.54) is 4.90 Å². The molecule has 2 atom stereocenters. The van der Waals surface area contributed by atoms with Gasteiger partial charge >= 0.3 is 6.09 Å². The summed E-state index contributed by atoms with van der Waals surface area (Å²) in [5.74, 6) is -0.324. The van der Waals surface area contributed by atoms with E-state index in [9.17, 15) is 9.90 Å². The van der Waals surface area contributed by atoms with Crippen LogP contribution in [0.4, 0.5) is 4.79 Å². The molecule has 1 fully saturated rings. The molecule has 0 aromatic carbocycles. The van der Waals surface area contributed by atoms with Crippen LogP contribution in [0.15, 0.2) is 0 Å². The first-order valence-electron chi connectivity index (χ1n) is 3.92. The van der Waals surface area contributed by atoms with Crippen molar-refractivity contribution in [3.8, 4) is 0 Å². The summed E-state index contributed by atoms with van der Waals surface area (Å²) in [6.07, 6.45) is -1.14. The first kappa shape index (κ1) is 9.28. The molecular formula is C7H13NO4. The number of likely N-dealkylation sites (tertiary alicyclic amines) is 1. The number of piperidine rings is 1. The zero-order valence-corrected chi connectivity index (χ0v) is 6.68. The fraction of sp³-hybridized carbons (Fsp3) is 0.857. The van der Waals surface area contributed by atoms with E-state index in [2.05, 4.69) is 0 Å². The largest absolute Gasteiger partial charge is 0.465 e. The third kappa shape index (κ3) is 1.86. The molecule has 70 valence electrons. The van der Waals surface area contributed by atoms with Gasteiger partial charge in [-0.3, -0.25) is 0 Å². The van der Waals surface area contributed by atoms with Crippen molar-refractivity contribution in [2.24, 2.45) is 5.92 Å². The van der Waals surface area contributed by atoms with Crippen molar-refractivity contribution in [2.45, 2.75) is 12.5 Å². The molecule has 1 saturated heterocycles. The van der Waals surface area contributed by atoms with Crippen LogP contribution in [0.2, 0.25) is 0 Å². The molecule has 0 spiro atoms. The summed E-state index contributed by atoms with van der Waals surface area (Å²) < 4.78 is 0. The van der Waals surface area contributed by atoms with Crippen LogP contribution in [0.5, 0.6) is 0 Å². The Hall–Kier alpha value is -0.810. The van der Waals surface area contributed by atoms with Gasteiger partial charge in [-0.15, -0.1) is 0 Å². The van der Waals surface area contributed by atoms with Gasteiger partial charge in [0.25, 0.3) is 0 Å². The lowest BCUT2D eigenvalue weighted by Crippen LogP contribution is -2.46. The molecular weight excluding hydrogens is 162 g/mol. The van der Waals surface area contributed by atoms with Gasteiger partial charge in [0.05, 0.1) is 12.7 Å².